The first-order chi connectivity index (χ1) is 15.8. The van der Waals surface area contributed by atoms with Crippen LogP contribution in [0.3, 0.4) is 0 Å². The SMILES string of the molecule is CCn1c(C)nc2ccc(-c3ccn4nc(NC5CCC(OC(F)(F)F)CC5)ncc34)nc21. The van der Waals surface area contributed by atoms with Gasteiger partial charge in [0.15, 0.2) is 5.65 Å². The number of aromatic nitrogens is 6. The van der Waals surface area contributed by atoms with Crippen molar-refractivity contribution >= 4 is 22.6 Å². The van der Waals surface area contributed by atoms with E-state index in [1.54, 1.807) is 10.7 Å². The Hall–Kier alpha value is -3.21. The second kappa shape index (κ2) is 8.29. The van der Waals surface area contributed by atoms with Gasteiger partial charge in [-0.2, -0.15) is 0 Å². The Balaban J connectivity index is 1.33. The lowest BCUT2D eigenvalue weighted by Crippen LogP contribution is -2.33. The van der Waals surface area contributed by atoms with Crippen molar-refractivity contribution in [2.45, 2.75) is 64.6 Å². The van der Waals surface area contributed by atoms with E-state index in [4.69, 9.17) is 4.98 Å². The van der Waals surface area contributed by atoms with Gasteiger partial charge >= 0.3 is 6.36 Å². The Morgan fingerprint density at radius 2 is 1.91 bits per heavy atom. The van der Waals surface area contributed by atoms with Crippen LogP contribution in [-0.4, -0.2) is 47.6 Å². The molecule has 0 radical (unpaired) electrons. The number of aryl methyl sites for hydroxylation is 2. The third-order valence-corrected chi connectivity index (χ3v) is 6.10. The molecule has 5 rings (SSSR count). The second-order valence-corrected chi connectivity index (χ2v) is 8.27. The minimum Gasteiger partial charge on any atom is -0.350 e. The second-order valence-electron chi connectivity index (χ2n) is 8.27. The van der Waals surface area contributed by atoms with E-state index >= 15 is 0 Å². The van der Waals surface area contributed by atoms with Crippen molar-refractivity contribution in [1.29, 1.82) is 0 Å². The molecule has 0 saturated heterocycles. The van der Waals surface area contributed by atoms with Crippen LogP contribution >= 0.6 is 0 Å². The first kappa shape index (κ1) is 21.6. The van der Waals surface area contributed by atoms with E-state index in [0.717, 1.165) is 40.3 Å². The number of halogens is 3. The number of alkyl halides is 3. The zero-order valence-corrected chi connectivity index (χ0v) is 18.3. The van der Waals surface area contributed by atoms with Crippen LogP contribution in [-0.2, 0) is 11.3 Å². The van der Waals surface area contributed by atoms with Crippen LogP contribution in [0.15, 0.2) is 30.6 Å². The minimum atomic E-state index is -4.58. The Labute approximate surface area is 187 Å². The summed E-state index contributed by atoms with van der Waals surface area (Å²) in [4.78, 5) is 13.8. The maximum atomic E-state index is 12.4. The molecular formula is C22H24F3N7O. The predicted molar refractivity (Wildman–Crippen MR) is 117 cm³/mol. The quantitative estimate of drug-likeness (QED) is 0.465. The molecule has 0 unspecified atom stereocenters. The zero-order chi connectivity index (χ0) is 23.2. The number of fused-ring (bicyclic) bond motifs is 2. The summed E-state index contributed by atoms with van der Waals surface area (Å²) in [6.45, 7) is 4.82. The van der Waals surface area contributed by atoms with Crippen molar-refractivity contribution < 1.29 is 17.9 Å². The molecule has 8 nitrogen and oxygen atoms in total. The summed E-state index contributed by atoms with van der Waals surface area (Å²) >= 11 is 0. The molecule has 4 heterocycles. The number of nitrogens with zero attached hydrogens (tertiary/aromatic N) is 6. The summed E-state index contributed by atoms with van der Waals surface area (Å²) in [6, 6.07) is 5.86. The molecule has 1 aliphatic carbocycles. The average Bonchev–Trinajstić information content (AvgIpc) is 3.33. The molecule has 0 atom stereocenters. The summed E-state index contributed by atoms with van der Waals surface area (Å²) in [5.41, 5.74) is 4.24. The number of imidazole rings is 1. The molecule has 0 aliphatic heterocycles. The molecule has 1 fully saturated rings. The lowest BCUT2D eigenvalue weighted by molar-refractivity contribution is -0.345. The highest BCUT2D eigenvalue weighted by atomic mass is 19.4. The fraction of sp³-hybridized carbons (Fsp3) is 0.455. The molecule has 11 heteroatoms. The molecule has 0 spiro atoms. The van der Waals surface area contributed by atoms with Gasteiger partial charge in [-0.3, -0.25) is 4.74 Å². The summed E-state index contributed by atoms with van der Waals surface area (Å²) in [5.74, 6) is 1.37. The van der Waals surface area contributed by atoms with Gasteiger partial charge in [-0.05, 0) is 57.7 Å². The number of nitrogens with one attached hydrogen (secondary N) is 1. The lowest BCUT2D eigenvalue weighted by atomic mass is 9.93. The summed E-state index contributed by atoms with van der Waals surface area (Å²) in [7, 11) is 0. The number of pyridine rings is 1. The first-order valence-corrected chi connectivity index (χ1v) is 11.0. The van der Waals surface area contributed by atoms with Crippen molar-refractivity contribution in [2.75, 3.05) is 5.32 Å². The summed E-state index contributed by atoms with van der Waals surface area (Å²) in [6.07, 6.45) is 0.0261. The number of anilines is 1. The van der Waals surface area contributed by atoms with Gasteiger partial charge in [0.05, 0.1) is 23.5 Å². The average molecular weight is 459 g/mol. The van der Waals surface area contributed by atoms with E-state index in [1.165, 1.54) is 0 Å². The molecule has 1 N–H and O–H groups in total. The summed E-state index contributed by atoms with van der Waals surface area (Å²) < 4.78 is 45.2. The topological polar surface area (TPSA) is 82.2 Å². The fourth-order valence-corrected chi connectivity index (χ4v) is 4.52. The van der Waals surface area contributed by atoms with Crippen LogP contribution in [0.4, 0.5) is 19.1 Å². The standard InChI is InChI=1S/C22H24F3N7O/c1-3-31-13(2)27-18-9-8-17(29-20(18)31)16-10-11-32-19(16)12-26-21(30-32)28-14-4-6-15(7-5-14)33-22(23,24)25/h8-12,14-15H,3-7H2,1-2H3,(H,28,30). The van der Waals surface area contributed by atoms with Gasteiger partial charge in [0.25, 0.3) is 0 Å². The molecule has 4 aromatic heterocycles. The molecule has 0 amide bonds. The van der Waals surface area contributed by atoms with Crippen LogP contribution in [0.5, 0.6) is 0 Å². The third-order valence-electron chi connectivity index (χ3n) is 6.10. The Kier molecular flexibility index (Phi) is 5.43. The van der Waals surface area contributed by atoms with Gasteiger partial charge in [0.1, 0.15) is 11.3 Å². The largest absolute Gasteiger partial charge is 0.522 e. The Morgan fingerprint density at radius 1 is 1.12 bits per heavy atom. The first-order valence-electron chi connectivity index (χ1n) is 11.0. The maximum absolute atomic E-state index is 12.4. The van der Waals surface area contributed by atoms with Gasteiger partial charge in [-0.15, -0.1) is 18.3 Å². The molecular weight excluding hydrogens is 435 g/mol. The summed E-state index contributed by atoms with van der Waals surface area (Å²) in [5, 5.41) is 7.77. The van der Waals surface area contributed by atoms with Gasteiger partial charge in [-0.1, -0.05) is 0 Å². The molecule has 174 valence electrons. The Bertz CT molecular complexity index is 1290. The molecule has 33 heavy (non-hydrogen) atoms. The van der Waals surface area contributed by atoms with Crippen molar-refractivity contribution in [3.05, 3.63) is 36.4 Å². The zero-order valence-electron chi connectivity index (χ0n) is 18.3. The van der Waals surface area contributed by atoms with E-state index in [-0.39, 0.29) is 6.04 Å². The van der Waals surface area contributed by atoms with Gasteiger partial charge < -0.3 is 9.88 Å². The number of rotatable bonds is 5. The van der Waals surface area contributed by atoms with E-state index < -0.39 is 12.5 Å². The van der Waals surface area contributed by atoms with E-state index in [0.29, 0.717) is 31.6 Å². The number of hydrogen-bond acceptors (Lipinski definition) is 6. The van der Waals surface area contributed by atoms with Crippen LogP contribution in [0.1, 0.15) is 38.4 Å². The van der Waals surface area contributed by atoms with Crippen LogP contribution in [0, 0.1) is 6.92 Å². The number of hydrogen-bond donors (Lipinski definition) is 1. The highest BCUT2D eigenvalue weighted by molar-refractivity contribution is 5.82. The van der Waals surface area contributed by atoms with Gasteiger partial charge in [0, 0.05) is 24.3 Å². The van der Waals surface area contributed by atoms with Crippen molar-refractivity contribution in [3.63, 3.8) is 0 Å². The number of ether oxygens (including phenoxy) is 1. The minimum absolute atomic E-state index is 0.00668. The smallest absolute Gasteiger partial charge is 0.350 e. The maximum Gasteiger partial charge on any atom is 0.522 e. The van der Waals surface area contributed by atoms with E-state index in [2.05, 4.69) is 36.6 Å². The van der Waals surface area contributed by atoms with Crippen LogP contribution < -0.4 is 5.32 Å². The van der Waals surface area contributed by atoms with E-state index in [1.807, 2.05) is 31.3 Å². The molecule has 4 aromatic rings. The van der Waals surface area contributed by atoms with Crippen LogP contribution in [0.2, 0.25) is 0 Å². The molecule has 0 bridgehead atoms. The van der Waals surface area contributed by atoms with Crippen LogP contribution in [0.25, 0.3) is 27.9 Å². The van der Waals surface area contributed by atoms with Crippen molar-refractivity contribution in [1.82, 2.24) is 29.1 Å². The molecule has 1 saturated carbocycles. The Morgan fingerprint density at radius 3 is 2.64 bits per heavy atom. The van der Waals surface area contributed by atoms with Crippen molar-refractivity contribution in [3.8, 4) is 11.3 Å². The van der Waals surface area contributed by atoms with Gasteiger partial charge in [-0.25, -0.2) is 19.5 Å². The fourth-order valence-electron chi connectivity index (χ4n) is 4.52. The van der Waals surface area contributed by atoms with Crippen molar-refractivity contribution in [2.24, 2.45) is 0 Å². The highest BCUT2D eigenvalue weighted by Gasteiger charge is 2.35. The normalized spacial score (nSPS) is 19.4. The molecule has 1 aliphatic rings. The van der Waals surface area contributed by atoms with Gasteiger partial charge in [0.2, 0.25) is 5.95 Å². The lowest BCUT2D eigenvalue weighted by Gasteiger charge is -2.29. The highest BCUT2D eigenvalue weighted by Crippen LogP contribution is 2.30. The van der Waals surface area contributed by atoms with E-state index in [9.17, 15) is 13.2 Å². The molecule has 0 aromatic carbocycles. The third kappa shape index (κ3) is 4.37. The monoisotopic (exact) mass is 459 g/mol. The predicted octanol–water partition coefficient (Wildman–Crippen LogP) is 4.73.